The molecule has 5 nitrogen and oxygen atoms in total. The molecule has 0 unspecified atom stereocenters. The van der Waals surface area contributed by atoms with Crippen LogP contribution in [0.5, 0.6) is 11.5 Å². The summed E-state index contributed by atoms with van der Waals surface area (Å²) in [6.07, 6.45) is 0.598. The minimum absolute atomic E-state index is 0.274. The number of benzene rings is 3. The Morgan fingerprint density at radius 1 is 0.781 bits per heavy atom. The van der Waals surface area contributed by atoms with Crippen LogP contribution < -0.4 is 9.47 Å². The van der Waals surface area contributed by atoms with Crippen LogP contribution in [0.25, 0.3) is 5.57 Å². The highest BCUT2D eigenvalue weighted by Crippen LogP contribution is 2.41. The molecule has 0 aromatic heterocycles. The van der Waals surface area contributed by atoms with Crippen molar-refractivity contribution in [1.82, 2.24) is 4.90 Å². The van der Waals surface area contributed by atoms with Crippen molar-refractivity contribution in [2.24, 2.45) is 0 Å². The normalized spacial score (nSPS) is 13.6. The highest BCUT2D eigenvalue weighted by Gasteiger charge is 2.39. The van der Waals surface area contributed by atoms with E-state index in [0.29, 0.717) is 40.5 Å². The molecule has 6 heteroatoms. The first-order valence-corrected chi connectivity index (χ1v) is 11.0. The maximum Gasteiger partial charge on any atom is 0.268 e. The van der Waals surface area contributed by atoms with Gasteiger partial charge in [0, 0.05) is 11.4 Å². The van der Waals surface area contributed by atoms with Crippen LogP contribution in [0.3, 0.4) is 0 Å². The van der Waals surface area contributed by atoms with Crippen LogP contribution in [0.2, 0.25) is 0 Å². The van der Waals surface area contributed by atoms with E-state index in [4.69, 9.17) is 9.47 Å². The van der Waals surface area contributed by atoms with Crippen molar-refractivity contribution in [2.75, 3.05) is 20.8 Å². The fourth-order valence-corrected chi connectivity index (χ4v) is 4.62. The molecule has 0 N–H and O–H groups in total. The lowest BCUT2D eigenvalue weighted by Gasteiger charge is -2.15. The molecule has 2 amide bonds. The molecular weight excluding hydrogens is 422 g/mol. The Morgan fingerprint density at radius 3 is 2.09 bits per heavy atom. The Balaban J connectivity index is 1.71. The number of hydrogen-bond acceptors (Lipinski definition) is 5. The van der Waals surface area contributed by atoms with Gasteiger partial charge in [-0.3, -0.25) is 14.5 Å². The zero-order valence-corrected chi connectivity index (χ0v) is 18.7. The van der Waals surface area contributed by atoms with E-state index >= 15 is 0 Å². The molecule has 0 radical (unpaired) electrons. The molecule has 3 aromatic carbocycles. The standard InChI is InChI=1S/C26H23NO4S/c1-30-21-14-13-19(17-22(21)31-2)23-24(32-20-11-7-4-8-12-20)26(29)27(25(23)28)16-15-18-9-5-3-6-10-18/h3-14,17H,15-16H2,1-2H3. The number of carbonyl (C=O) groups excluding carboxylic acids is 2. The van der Waals surface area contributed by atoms with Crippen molar-refractivity contribution in [3.8, 4) is 11.5 Å². The van der Waals surface area contributed by atoms with Crippen molar-refractivity contribution in [1.29, 1.82) is 0 Å². The number of hydrogen-bond donors (Lipinski definition) is 0. The van der Waals surface area contributed by atoms with Gasteiger partial charge in [0.2, 0.25) is 0 Å². The van der Waals surface area contributed by atoms with E-state index < -0.39 is 0 Å². The van der Waals surface area contributed by atoms with E-state index in [9.17, 15) is 9.59 Å². The molecule has 0 bridgehead atoms. The van der Waals surface area contributed by atoms with Crippen molar-refractivity contribution in [3.63, 3.8) is 0 Å². The molecule has 1 aliphatic heterocycles. The van der Waals surface area contributed by atoms with E-state index in [1.165, 1.54) is 16.7 Å². The molecule has 0 saturated heterocycles. The van der Waals surface area contributed by atoms with Crippen molar-refractivity contribution < 1.29 is 19.1 Å². The number of imide groups is 1. The average Bonchev–Trinajstić information content (AvgIpc) is 3.07. The first kappa shape index (κ1) is 21.7. The summed E-state index contributed by atoms with van der Waals surface area (Å²) < 4.78 is 10.7. The average molecular weight is 446 g/mol. The molecule has 32 heavy (non-hydrogen) atoms. The molecule has 162 valence electrons. The molecule has 0 spiro atoms. The van der Waals surface area contributed by atoms with Crippen molar-refractivity contribution in [3.05, 3.63) is 94.9 Å². The van der Waals surface area contributed by atoms with Crippen LogP contribution in [0, 0.1) is 0 Å². The van der Waals surface area contributed by atoms with Gasteiger partial charge >= 0.3 is 0 Å². The van der Waals surface area contributed by atoms with E-state index in [0.717, 1.165) is 10.5 Å². The molecule has 4 rings (SSSR count). The lowest BCUT2D eigenvalue weighted by atomic mass is 10.1. The zero-order valence-electron chi connectivity index (χ0n) is 17.9. The largest absolute Gasteiger partial charge is 0.493 e. The van der Waals surface area contributed by atoms with Crippen LogP contribution in [0.4, 0.5) is 0 Å². The van der Waals surface area contributed by atoms with Gasteiger partial charge in [-0.1, -0.05) is 66.4 Å². The highest BCUT2D eigenvalue weighted by molar-refractivity contribution is 8.04. The number of rotatable bonds is 8. The Bertz CT molecular complexity index is 1160. The second-order valence-corrected chi connectivity index (χ2v) is 8.27. The van der Waals surface area contributed by atoms with Gasteiger partial charge in [-0.05, 0) is 41.8 Å². The number of ether oxygens (including phenoxy) is 2. The molecule has 0 atom stereocenters. The van der Waals surface area contributed by atoms with Crippen LogP contribution in [0.1, 0.15) is 11.1 Å². The SMILES string of the molecule is COc1ccc(C2=C(Sc3ccccc3)C(=O)N(CCc3ccccc3)C2=O)cc1OC. The third-order valence-corrected chi connectivity index (χ3v) is 6.32. The second-order valence-electron chi connectivity index (χ2n) is 7.19. The fraction of sp³-hybridized carbons (Fsp3) is 0.154. The van der Waals surface area contributed by atoms with Crippen LogP contribution in [-0.4, -0.2) is 37.5 Å². The fourth-order valence-electron chi connectivity index (χ4n) is 3.59. The van der Waals surface area contributed by atoms with Gasteiger partial charge in [0.15, 0.2) is 11.5 Å². The number of thioether (sulfide) groups is 1. The van der Waals surface area contributed by atoms with Gasteiger partial charge < -0.3 is 9.47 Å². The van der Waals surface area contributed by atoms with Gasteiger partial charge in [0.05, 0.1) is 24.7 Å². The molecule has 1 heterocycles. The zero-order chi connectivity index (χ0) is 22.5. The van der Waals surface area contributed by atoms with Crippen LogP contribution in [-0.2, 0) is 16.0 Å². The van der Waals surface area contributed by atoms with Gasteiger partial charge in [0.25, 0.3) is 11.8 Å². The highest BCUT2D eigenvalue weighted by atomic mass is 32.2. The smallest absolute Gasteiger partial charge is 0.268 e. The molecule has 1 aliphatic rings. The quantitative estimate of drug-likeness (QED) is 0.466. The third kappa shape index (κ3) is 4.41. The van der Waals surface area contributed by atoms with E-state index in [1.807, 2.05) is 60.7 Å². The summed E-state index contributed by atoms with van der Waals surface area (Å²) in [6.45, 7) is 0.317. The first-order chi connectivity index (χ1) is 15.6. The summed E-state index contributed by atoms with van der Waals surface area (Å²) in [5.41, 5.74) is 2.09. The number of carbonyl (C=O) groups is 2. The van der Waals surface area contributed by atoms with Crippen molar-refractivity contribution in [2.45, 2.75) is 11.3 Å². The molecule has 0 saturated carbocycles. The Labute approximate surface area is 191 Å². The molecular formula is C26H23NO4S. The summed E-state index contributed by atoms with van der Waals surface area (Å²) in [6, 6.07) is 24.7. The van der Waals surface area contributed by atoms with Gasteiger partial charge in [-0.25, -0.2) is 0 Å². The minimum atomic E-state index is -0.295. The molecule has 3 aromatic rings. The van der Waals surface area contributed by atoms with Crippen LogP contribution in [0.15, 0.2) is 88.7 Å². The number of nitrogens with zero attached hydrogens (tertiary/aromatic N) is 1. The predicted molar refractivity (Wildman–Crippen MR) is 126 cm³/mol. The van der Waals surface area contributed by atoms with Crippen molar-refractivity contribution >= 4 is 29.1 Å². The summed E-state index contributed by atoms with van der Waals surface area (Å²) in [5, 5.41) is 0. The van der Waals surface area contributed by atoms with E-state index in [1.54, 1.807) is 32.4 Å². The lowest BCUT2D eigenvalue weighted by Crippen LogP contribution is -2.33. The first-order valence-electron chi connectivity index (χ1n) is 10.2. The Morgan fingerprint density at radius 2 is 1.44 bits per heavy atom. The van der Waals surface area contributed by atoms with Gasteiger partial charge in [0.1, 0.15) is 0 Å². The Kier molecular flexibility index (Phi) is 6.61. The van der Waals surface area contributed by atoms with E-state index in [2.05, 4.69) is 0 Å². The Hall–Kier alpha value is -3.51. The maximum atomic E-state index is 13.5. The summed E-state index contributed by atoms with van der Waals surface area (Å²) in [7, 11) is 3.10. The molecule has 0 fully saturated rings. The minimum Gasteiger partial charge on any atom is -0.493 e. The van der Waals surface area contributed by atoms with Gasteiger partial charge in [-0.2, -0.15) is 0 Å². The van der Waals surface area contributed by atoms with E-state index in [-0.39, 0.29) is 11.8 Å². The monoisotopic (exact) mass is 445 g/mol. The summed E-state index contributed by atoms with van der Waals surface area (Å²) in [4.78, 5) is 29.5. The topological polar surface area (TPSA) is 55.8 Å². The number of methoxy groups -OCH3 is 2. The lowest BCUT2D eigenvalue weighted by molar-refractivity contribution is -0.136. The van der Waals surface area contributed by atoms with Crippen LogP contribution >= 0.6 is 11.8 Å². The van der Waals surface area contributed by atoms with Gasteiger partial charge in [-0.15, -0.1) is 0 Å². The third-order valence-electron chi connectivity index (χ3n) is 5.23. The number of amides is 2. The predicted octanol–water partition coefficient (Wildman–Crippen LogP) is 4.82. The summed E-state index contributed by atoms with van der Waals surface area (Å²) in [5.74, 6) is 0.498. The maximum absolute atomic E-state index is 13.5. The summed E-state index contributed by atoms with van der Waals surface area (Å²) >= 11 is 1.31. The molecule has 0 aliphatic carbocycles. The second kappa shape index (κ2) is 9.75.